The summed E-state index contributed by atoms with van der Waals surface area (Å²) in [7, 11) is 0. The molecule has 0 fully saturated rings. The standard InChI is InChI=1S/C16H15BrCl2FN/c1-2-7-21-16(12-8-10(18)3-5-14(12)17)13-9-11(20)4-6-15(13)19/h3-6,8-9,16,21H,2,7H2,1H3. The molecule has 0 aromatic heterocycles. The van der Waals surface area contributed by atoms with Gasteiger partial charge in [0.1, 0.15) is 5.82 Å². The summed E-state index contributed by atoms with van der Waals surface area (Å²) in [6.45, 7) is 2.86. The van der Waals surface area contributed by atoms with Crippen LogP contribution in [0, 0.1) is 5.82 Å². The van der Waals surface area contributed by atoms with Crippen molar-refractivity contribution in [3.05, 3.63) is 67.9 Å². The molecule has 1 unspecified atom stereocenters. The van der Waals surface area contributed by atoms with Crippen LogP contribution in [0.15, 0.2) is 40.9 Å². The van der Waals surface area contributed by atoms with Crippen LogP contribution in [0.4, 0.5) is 4.39 Å². The Morgan fingerprint density at radius 2 is 1.90 bits per heavy atom. The second-order valence-electron chi connectivity index (χ2n) is 4.72. The van der Waals surface area contributed by atoms with Gasteiger partial charge in [-0.15, -0.1) is 0 Å². The molecule has 0 aliphatic heterocycles. The summed E-state index contributed by atoms with van der Waals surface area (Å²) in [4.78, 5) is 0. The Morgan fingerprint density at radius 3 is 2.62 bits per heavy atom. The van der Waals surface area contributed by atoms with Gasteiger partial charge in [-0.2, -0.15) is 0 Å². The van der Waals surface area contributed by atoms with Crippen LogP contribution in [0.2, 0.25) is 10.0 Å². The predicted octanol–water partition coefficient (Wildman–Crippen LogP) is 5.98. The third-order valence-corrected chi connectivity index (χ3v) is 4.44. The lowest BCUT2D eigenvalue weighted by atomic mass is 9.98. The van der Waals surface area contributed by atoms with E-state index in [1.165, 1.54) is 12.1 Å². The highest BCUT2D eigenvalue weighted by atomic mass is 79.9. The molecule has 0 aliphatic rings. The molecule has 2 rings (SSSR count). The third kappa shape index (κ3) is 4.19. The minimum Gasteiger partial charge on any atom is -0.306 e. The molecule has 2 aromatic rings. The maximum atomic E-state index is 13.6. The van der Waals surface area contributed by atoms with Gasteiger partial charge < -0.3 is 5.32 Å². The van der Waals surface area contributed by atoms with Gasteiger partial charge in [-0.05, 0) is 60.5 Å². The molecule has 0 amide bonds. The Hall–Kier alpha value is -0.610. The van der Waals surface area contributed by atoms with Crippen molar-refractivity contribution >= 4 is 39.1 Å². The number of hydrogen-bond acceptors (Lipinski definition) is 1. The van der Waals surface area contributed by atoms with E-state index in [1.807, 2.05) is 12.1 Å². The SMILES string of the molecule is CCCNC(c1cc(F)ccc1Cl)c1cc(Cl)ccc1Br. The van der Waals surface area contributed by atoms with Gasteiger partial charge in [-0.1, -0.05) is 46.1 Å². The Morgan fingerprint density at radius 1 is 1.14 bits per heavy atom. The van der Waals surface area contributed by atoms with Crippen molar-refractivity contribution in [1.82, 2.24) is 5.32 Å². The number of halogens is 4. The molecule has 21 heavy (non-hydrogen) atoms. The zero-order valence-electron chi connectivity index (χ0n) is 11.5. The highest BCUT2D eigenvalue weighted by molar-refractivity contribution is 9.10. The van der Waals surface area contributed by atoms with Crippen LogP contribution in [-0.4, -0.2) is 6.54 Å². The molecule has 1 N–H and O–H groups in total. The third-order valence-electron chi connectivity index (χ3n) is 3.14. The minimum absolute atomic E-state index is 0.221. The first-order chi connectivity index (χ1) is 10.0. The first-order valence-corrected chi connectivity index (χ1v) is 8.21. The highest BCUT2D eigenvalue weighted by Crippen LogP contribution is 2.34. The van der Waals surface area contributed by atoms with Crippen LogP contribution in [0.1, 0.15) is 30.5 Å². The second kappa shape index (κ2) is 7.59. The van der Waals surface area contributed by atoms with Gasteiger partial charge in [0, 0.05) is 14.5 Å². The van der Waals surface area contributed by atoms with E-state index in [0.717, 1.165) is 23.0 Å². The largest absolute Gasteiger partial charge is 0.306 e. The summed E-state index contributed by atoms with van der Waals surface area (Å²) in [5.74, 6) is -0.309. The summed E-state index contributed by atoms with van der Waals surface area (Å²) in [6, 6.07) is 9.72. The van der Waals surface area contributed by atoms with Crippen LogP contribution in [-0.2, 0) is 0 Å². The minimum atomic E-state index is -0.309. The van der Waals surface area contributed by atoms with Crippen LogP contribution < -0.4 is 5.32 Å². The topological polar surface area (TPSA) is 12.0 Å². The fraction of sp³-hybridized carbons (Fsp3) is 0.250. The molecule has 0 bridgehead atoms. The van der Waals surface area contributed by atoms with Crippen LogP contribution in [0.25, 0.3) is 0 Å². The second-order valence-corrected chi connectivity index (χ2v) is 6.42. The van der Waals surface area contributed by atoms with E-state index in [-0.39, 0.29) is 11.9 Å². The molecule has 5 heteroatoms. The molecule has 0 heterocycles. The van der Waals surface area contributed by atoms with E-state index in [0.29, 0.717) is 15.6 Å². The van der Waals surface area contributed by atoms with Crippen LogP contribution in [0.5, 0.6) is 0 Å². The van der Waals surface area contributed by atoms with Gasteiger partial charge >= 0.3 is 0 Å². The van der Waals surface area contributed by atoms with Gasteiger partial charge in [-0.3, -0.25) is 0 Å². The van der Waals surface area contributed by atoms with E-state index in [4.69, 9.17) is 23.2 Å². The summed E-state index contributed by atoms with van der Waals surface area (Å²) in [5, 5.41) is 4.55. The molecule has 0 spiro atoms. The van der Waals surface area contributed by atoms with Crippen molar-refractivity contribution in [2.75, 3.05) is 6.54 Å². The van der Waals surface area contributed by atoms with Crippen molar-refractivity contribution < 1.29 is 4.39 Å². The number of nitrogens with one attached hydrogen (secondary N) is 1. The summed E-state index contributed by atoms with van der Waals surface area (Å²) in [5.41, 5.74) is 1.64. The van der Waals surface area contributed by atoms with E-state index < -0.39 is 0 Å². The van der Waals surface area contributed by atoms with Crippen molar-refractivity contribution in [2.24, 2.45) is 0 Å². The van der Waals surface area contributed by atoms with Gasteiger partial charge in [0.25, 0.3) is 0 Å². The smallest absolute Gasteiger partial charge is 0.123 e. The Balaban J connectivity index is 2.52. The fourth-order valence-corrected chi connectivity index (χ4v) is 3.03. The van der Waals surface area contributed by atoms with Crippen molar-refractivity contribution in [1.29, 1.82) is 0 Å². The fourth-order valence-electron chi connectivity index (χ4n) is 2.15. The molecule has 0 saturated heterocycles. The van der Waals surface area contributed by atoms with Crippen LogP contribution in [0.3, 0.4) is 0 Å². The molecule has 0 aliphatic carbocycles. The average Bonchev–Trinajstić information content (AvgIpc) is 2.46. The highest BCUT2D eigenvalue weighted by Gasteiger charge is 2.20. The normalized spacial score (nSPS) is 12.4. The first kappa shape index (κ1) is 16.8. The zero-order valence-corrected chi connectivity index (χ0v) is 14.6. The predicted molar refractivity (Wildman–Crippen MR) is 90.7 cm³/mol. The van der Waals surface area contributed by atoms with Crippen LogP contribution >= 0.6 is 39.1 Å². The molecule has 1 nitrogen and oxygen atoms in total. The Kier molecular flexibility index (Phi) is 6.06. The molecule has 0 radical (unpaired) electrons. The van der Waals surface area contributed by atoms with E-state index in [2.05, 4.69) is 28.2 Å². The summed E-state index contributed by atoms with van der Waals surface area (Å²) < 4.78 is 14.5. The van der Waals surface area contributed by atoms with E-state index in [9.17, 15) is 4.39 Å². The number of hydrogen-bond donors (Lipinski definition) is 1. The number of rotatable bonds is 5. The lowest BCUT2D eigenvalue weighted by molar-refractivity contribution is 0.584. The quantitative estimate of drug-likeness (QED) is 0.661. The maximum absolute atomic E-state index is 13.6. The monoisotopic (exact) mass is 389 g/mol. The van der Waals surface area contributed by atoms with Gasteiger partial charge in [0.05, 0.1) is 6.04 Å². The average molecular weight is 391 g/mol. The lowest BCUT2D eigenvalue weighted by Gasteiger charge is -2.22. The van der Waals surface area contributed by atoms with Crippen molar-refractivity contribution in [2.45, 2.75) is 19.4 Å². The zero-order chi connectivity index (χ0) is 15.4. The van der Waals surface area contributed by atoms with Crippen molar-refractivity contribution in [3.8, 4) is 0 Å². The Bertz CT molecular complexity index is 582. The van der Waals surface area contributed by atoms with Gasteiger partial charge in [0.15, 0.2) is 0 Å². The molecular formula is C16H15BrCl2FN. The maximum Gasteiger partial charge on any atom is 0.123 e. The van der Waals surface area contributed by atoms with Crippen molar-refractivity contribution in [3.63, 3.8) is 0 Å². The van der Waals surface area contributed by atoms with Gasteiger partial charge in [0.2, 0.25) is 0 Å². The molecule has 0 saturated carbocycles. The van der Waals surface area contributed by atoms with E-state index >= 15 is 0 Å². The number of benzene rings is 2. The van der Waals surface area contributed by atoms with E-state index in [1.54, 1.807) is 12.1 Å². The van der Waals surface area contributed by atoms with Gasteiger partial charge in [-0.25, -0.2) is 4.39 Å². The molecule has 112 valence electrons. The molecule has 1 atom stereocenters. The summed E-state index contributed by atoms with van der Waals surface area (Å²) >= 11 is 15.9. The Labute approximate surface area is 142 Å². The molecule has 2 aromatic carbocycles. The molecular weight excluding hydrogens is 376 g/mol. The summed E-state index contributed by atoms with van der Waals surface area (Å²) in [6.07, 6.45) is 0.960. The lowest BCUT2D eigenvalue weighted by Crippen LogP contribution is -2.24. The first-order valence-electron chi connectivity index (χ1n) is 6.66.